The van der Waals surface area contributed by atoms with Crippen molar-refractivity contribution in [2.24, 2.45) is 0 Å². The first-order valence-corrected chi connectivity index (χ1v) is 7.75. The quantitative estimate of drug-likeness (QED) is 0.662. The van der Waals surface area contributed by atoms with Crippen molar-refractivity contribution < 1.29 is 0 Å². The van der Waals surface area contributed by atoms with Crippen LogP contribution in [0.1, 0.15) is 18.9 Å². The average molecular weight is 359 g/mol. The Bertz CT molecular complexity index is 366. The van der Waals surface area contributed by atoms with E-state index in [-0.39, 0.29) is 0 Å². The van der Waals surface area contributed by atoms with Crippen molar-refractivity contribution in [1.29, 1.82) is 0 Å². The highest BCUT2D eigenvalue weighted by molar-refractivity contribution is 14.1. The monoisotopic (exact) mass is 359 g/mol. The van der Waals surface area contributed by atoms with Gasteiger partial charge in [-0.25, -0.2) is 0 Å². The Morgan fingerprint density at radius 3 is 2.39 bits per heavy atom. The Labute approximate surface area is 123 Å². The molecule has 1 saturated heterocycles. The molecule has 100 valence electrons. The maximum atomic E-state index is 5.89. The molecule has 2 N–H and O–H groups in total. The van der Waals surface area contributed by atoms with Gasteiger partial charge in [-0.2, -0.15) is 0 Å². The minimum Gasteiger partial charge on any atom is -0.399 e. The lowest BCUT2D eigenvalue weighted by Crippen LogP contribution is -2.45. The topological polar surface area (TPSA) is 32.5 Å². The summed E-state index contributed by atoms with van der Waals surface area (Å²) in [5, 5.41) is 0. The van der Waals surface area contributed by atoms with Crippen molar-refractivity contribution in [2.45, 2.75) is 19.9 Å². The molecule has 1 heterocycles. The van der Waals surface area contributed by atoms with Gasteiger partial charge in [0.1, 0.15) is 0 Å². The molecule has 0 aliphatic carbocycles. The lowest BCUT2D eigenvalue weighted by molar-refractivity contribution is 0.127. The molecule has 1 aliphatic heterocycles. The van der Waals surface area contributed by atoms with Crippen LogP contribution in [-0.2, 0) is 6.54 Å². The summed E-state index contributed by atoms with van der Waals surface area (Å²) in [6, 6.07) is 6.35. The number of hydrogen-bond donors (Lipinski definition) is 1. The lowest BCUT2D eigenvalue weighted by Gasteiger charge is -2.34. The van der Waals surface area contributed by atoms with Gasteiger partial charge in [0.2, 0.25) is 0 Å². The Balaban J connectivity index is 1.87. The summed E-state index contributed by atoms with van der Waals surface area (Å²) in [5.41, 5.74) is 8.11. The van der Waals surface area contributed by atoms with E-state index < -0.39 is 0 Å². The molecule has 0 amide bonds. The number of nitrogen functional groups attached to an aromatic ring is 1. The van der Waals surface area contributed by atoms with E-state index in [0.29, 0.717) is 0 Å². The van der Waals surface area contributed by atoms with Crippen LogP contribution in [-0.4, -0.2) is 42.5 Å². The van der Waals surface area contributed by atoms with Gasteiger partial charge in [0, 0.05) is 42.0 Å². The number of piperazine rings is 1. The van der Waals surface area contributed by atoms with E-state index in [0.717, 1.165) is 12.2 Å². The van der Waals surface area contributed by atoms with Gasteiger partial charge in [0.05, 0.1) is 0 Å². The summed E-state index contributed by atoms with van der Waals surface area (Å²) in [6.45, 7) is 9.27. The van der Waals surface area contributed by atoms with Gasteiger partial charge in [-0.05, 0) is 59.3 Å². The van der Waals surface area contributed by atoms with Crippen molar-refractivity contribution in [2.75, 3.05) is 38.5 Å². The summed E-state index contributed by atoms with van der Waals surface area (Å²) >= 11 is 2.33. The first-order valence-electron chi connectivity index (χ1n) is 6.67. The lowest BCUT2D eigenvalue weighted by atomic mass is 10.1. The summed E-state index contributed by atoms with van der Waals surface area (Å²) in [7, 11) is 0. The molecule has 0 saturated carbocycles. The fraction of sp³-hybridized carbons (Fsp3) is 0.571. The molecule has 0 spiro atoms. The van der Waals surface area contributed by atoms with E-state index in [1.165, 1.54) is 48.3 Å². The molecule has 0 radical (unpaired) electrons. The molecule has 2 rings (SSSR count). The second-order valence-electron chi connectivity index (χ2n) is 5.01. The standard InChI is InChI=1S/C14H22IN3/c1-2-3-17-4-6-18(7-5-17)11-12-8-13(15)10-14(16)9-12/h8-10H,2-7,11,16H2,1H3. The van der Waals surface area contributed by atoms with Gasteiger partial charge in [-0.3, -0.25) is 4.90 Å². The third-order valence-corrected chi connectivity index (χ3v) is 4.01. The van der Waals surface area contributed by atoms with Gasteiger partial charge in [0.15, 0.2) is 0 Å². The third-order valence-electron chi connectivity index (χ3n) is 3.39. The molecule has 18 heavy (non-hydrogen) atoms. The number of halogens is 1. The second kappa shape index (κ2) is 6.73. The summed E-state index contributed by atoms with van der Waals surface area (Å²) in [6.07, 6.45) is 1.26. The van der Waals surface area contributed by atoms with Crippen LogP contribution in [0.15, 0.2) is 18.2 Å². The minimum absolute atomic E-state index is 0.876. The molecule has 0 bridgehead atoms. The molecule has 3 nitrogen and oxygen atoms in total. The van der Waals surface area contributed by atoms with Gasteiger partial charge in [0.25, 0.3) is 0 Å². The van der Waals surface area contributed by atoms with Crippen LogP contribution in [0, 0.1) is 3.57 Å². The summed E-state index contributed by atoms with van der Waals surface area (Å²) < 4.78 is 1.23. The van der Waals surface area contributed by atoms with Crippen molar-refractivity contribution in [1.82, 2.24) is 9.80 Å². The molecule has 1 aliphatic rings. The molecular formula is C14H22IN3. The molecule has 1 aromatic carbocycles. The van der Waals surface area contributed by atoms with Gasteiger partial charge in [-0.15, -0.1) is 0 Å². The van der Waals surface area contributed by atoms with Crippen LogP contribution in [0.5, 0.6) is 0 Å². The zero-order chi connectivity index (χ0) is 13.0. The fourth-order valence-electron chi connectivity index (χ4n) is 2.51. The molecule has 1 aromatic rings. The Hall–Kier alpha value is -0.330. The number of hydrogen-bond acceptors (Lipinski definition) is 3. The predicted octanol–water partition coefficient (Wildman–Crippen LogP) is 2.40. The Morgan fingerprint density at radius 1 is 1.11 bits per heavy atom. The number of rotatable bonds is 4. The van der Waals surface area contributed by atoms with Gasteiger partial charge in [-0.1, -0.05) is 6.92 Å². The van der Waals surface area contributed by atoms with Gasteiger partial charge < -0.3 is 10.6 Å². The summed E-state index contributed by atoms with van der Waals surface area (Å²) in [4.78, 5) is 5.08. The number of benzene rings is 1. The van der Waals surface area contributed by atoms with Crippen LogP contribution in [0.3, 0.4) is 0 Å². The Morgan fingerprint density at radius 2 is 1.78 bits per heavy atom. The van der Waals surface area contributed by atoms with E-state index in [9.17, 15) is 0 Å². The smallest absolute Gasteiger partial charge is 0.0327 e. The second-order valence-corrected chi connectivity index (χ2v) is 6.26. The van der Waals surface area contributed by atoms with Crippen molar-refractivity contribution in [3.05, 3.63) is 27.3 Å². The predicted molar refractivity (Wildman–Crippen MR) is 85.6 cm³/mol. The number of nitrogens with two attached hydrogens (primary N) is 1. The highest BCUT2D eigenvalue weighted by Crippen LogP contribution is 2.16. The maximum Gasteiger partial charge on any atom is 0.0327 e. The molecular weight excluding hydrogens is 337 g/mol. The van der Waals surface area contributed by atoms with E-state index in [1.807, 2.05) is 6.07 Å². The zero-order valence-corrected chi connectivity index (χ0v) is 13.2. The van der Waals surface area contributed by atoms with Crippen molar-refractivity contribution in [3.63, 3.8) is 0 Å². The minimum atomic E-state index is 0.876. The maximum absolute atomic E-state index is 5.89. The zero-order valence-electron chi connectivity index (χ0n) is 11.0. The van der Waals surface area contributed by atoms with Crippen LogP contribution >= 0.6 is 22.6 Å². The highest BCUT2D eigenvalue weighted by Gasteiger charge is 2.16. The summed E-state index contributed by atoms with van der Waals surface area (Å²) in [5.74, 6) is 0. The van der Waals surface area contributed by atoms with E-state index in [2.05, 4.69) is 51.4 Å². The first-order chi connectivity index (χ1) is 8.67. The fourth-order valence-corrected chi connectivity index (χ4v) is 3.27. The van der Waals surface area contributed by atoms with Crippen LogP contribution in [0.25, 0.3) is 0 Å². The van der Waals surface area contributed by atoms with E-state index in [4.69, 9.17) is 5.73 Å². The molecule has 0 unspecified atom stereocenters. The SMILES string of the molecule is CCCN1CCN(Cc2cc(N)cc(I)c2)CC1. The van der Waals surface area contributed by atoms with E-state index in [1.54, 1.807) is 0 Å². The van der Waals surface area contributed by atoms with Crippen molar-refractivity contribution in [3.8, 4) is 0 Å². The third kappa shape index (κ3) is 4.10. The molecule has 0 atom stereocenters. The van der Waals surface area contributed by atoms with Crippen molar-refractivity contribution >= 4 is 28.3 Å². The molecule has 1 fully saturated rings. The van der Waals surface area contributed by atoms with Crippen LogP contribution in [0.4, 0.5) is 5.69 Å². The molecule has 4 heteroatoms. The van der Waals surface area contributed by atoms with Gasteiger partial charge >= 0.3 is 0 Å². The number of anilines is 1. The first kappa shape index (κ1) is 14.1. The number of nitrogens with zero attached hydrogens (tertiary/aromatic N) is 2. The normalized spacial score (nSPS) is 18.1. The molecule has 0 aromatic heterocycles. The van der Waals surface area contributed by atoms with Crippen LogP contribution in [0.2, 0.25) is 0 Å². The average Bonchev–Trinajstić information content (AvgIpc) is 2.31. The highest BCUT2D eigenvalue weighted by atomic mass is 127. The van der Waals surface area contributed by atoms with E-state index >= 15 is 0 Å². The van der Waals surface area contributed by atoms with Crippen LogP contribution < -0.4 is 5.73 Å². The largest absolute Gasteiger partial charge is 0.399 e. The Kier molecular flexibility index (Phi) is 5.26.